The summed E-state index contributed by atoms with van der Waals surface area (Å²) in [6, 6.07) is 10.1. The zero-order chi connectivity index (χ0) is 26.0. The maximum absolute atomic E-state index is 10.6. The van der Waals surface area contributed by atoms with Crippen LogP contribution in [0.4, 0.5) is 13.2 Å². The van der Waals surface area contributed by atoms with Crippen molar-refractivity contribution in [3.05, 3.63) is 64.7 Å². The van der Waals surface area contributed by atoms with Crippen LogP contribution in [0, 0.1) is 20.8 Å². The largest absolute Gasteiger partial charge is 0.490 e. The molecule has 0 aliphatic carbocycles. The van der Waals surface area contributed by atoms with Crippen LogP contribution in [-0.2, 0) is 17.8 Å². The van der Waals surface area contributed by atoms with Gasteiger partial charge in [0.05, 0.1) is 11.4 Å². The SMILES string of the molecule is Cc1cc(C)n(-c2ccc(-c3nc(-c4c(C)ncc5c4CCNC5)no3)cc2)n1.O=C(O)C(F)(F)F. The third-order valence-electron chi connectivity index (χ3n) is 5.59. The minimum Gasteiger partial charge on any atom is -0.475 e. The smallest absolute Gasteiger partial charge is 0.475 e. The van der Waals surface area contributed by atoms with Crippen LogP contribution in [-0.4, -0.2) is 48.7 Å². The molecule has 3 aromatic heterocycles. The van der Waals surface area contributed by atoms with Crippen molar-refractivity contribution in [3.8, 4) is 28.5 Å². The number of alkyl halides is 3. The number of carboxylic acids is 1. The standard InChI is InChI=1S/C22H22N6O.C2HF3O2/c1-13-10-14(2)28(26-13)18-6-4-16(5-7-18)22-25-21(27-29-22)20-15(3)24-12-17-11-23-9-8-19(17)20;3-2(4,5)1(6)7/h4-7,10,12,23H,8-9,11H2,1-3H3;(H,6,7). The summed E-state index contributed by atoms with van der Waals surface area (Å²) in [5, 5.41) is 19.3. The van der Waals surface area contributed by atoms with E-state index in [0.29, 0.717) is 11.7 Å². The minimum atomic E-state index is -5.08. The van der Waals surface area contributed by atoms with Crippen molar-refractivity contribution in [1.82, 2.24) is 30.2 Å². The van der Waals surface area contributed by atoms with Crippen molar-refractivity contribution in [2.75, 3.05) is 6.54 Å². The Bertz CT molecular complexity index is 1390. The van der Waals surface area contributed by atoms with Gasteiger partial charge in [-0.3, -0.25) is 4.98 Å². The van der Waals surface area contributed by atoms with Gasteiger partial charge in [0.2, 0.25) is 5.82 Å². The summed E-state index contributed by atoms with van der Waals surface area (Å²) in [5.74, 6) is -1.65. The molecule has 0 bridgehead atoms. The number of carbonyl (C=O) groups is 1. The number of aliphatic carboxylic acids is 1. The molecular formula is C24H23F3N6O3. The van der Waals surface area contributed by atoms with Gasteiger partial charge in [0.25, 0.3) is 5.89 Å². The molecule has 0 atom stereocenters. The number of aryl methyl sites for hydroxylation is 3. The van der Waals surface area contributed by atoms with Gasteiger partial charge >= 0.3 is 12.1 Å². The van der Waals surface area contributed by atoms with Gasteiger partial charge in [-0.15, -0.1) is 0 Å². The lowest BCUT2D eigenvalue weighted by atomic mass is 9.95. The second kappa shape index (κ2) is 9.90. The molecule has 0 amide bonds. The molecule has 0 radical (unpaired) electrons. The number of benzene rings is 1. The van der Waals surface area contributed by atoms with Crippen molar-refractivity contribution < 1.29 is 27.6 Å². The molecule has 9 nitrogen and oxygen atoms in total. The lowest BCUT2D eigenvalue weighted by molar-refractivity contribution is -0.192. The highest BCUT2D eigenvalue weighted by molar-refractivity contribution is 5.73. The summed E-state index contributed by atoms with van der Waals surface area (Å²) in [5.41, 5.74) is 8.38. The van der Waals surface area contributed by atoms with Crippen LogP contribution < -0.4 is 5.32 Å². The highest BCUT2D eigenvalue weighted by atomic mass is 19.4. The van der Waals surface area contributed by atoms with Gasteiger partial charge in [0.1, 0.15) is 0 Å². The molecule has 1 aliphatic heterocycles. The van der Waals surface area contributed by atoms with E-state index in [1.54, 1.807) is 0 Å². The van der Waals surface area contributed by atoms with Gasteiger partial charge in [0.15, 0.2) is 0 Å². The average Bonchev–Trinajstić information content (AvgIpc) is 3.45. The monoisotopic (exact) mass is 500 g/mol. The molecule has 0 fully saturated rings. The van der Waals surface area contributed by atoms with E-state index in [0.717, 1.165) is 53.4 Å². The van der Waals surface area contributed by atoms with E-state index >= 15 is 0 Å². The summed E-state index contributed by atoms with van der Waals surface area (Å²) in [6.07, 6.45) is -2.20. The maximum Gasteiger partial charge on any atom is 0.490 e. The predicted octanol–water partition coefficient (Wildman–Crippen LogP) is 4.19. The molecule has 36 heavy (non-hydrogen) atoms. The van der Waals surface area contributed by atoms with Gasteiger partial charge in [-0.1, -0.05) is 5.16 Å². The first kappa shape index (κ1) is 25.0. The third kappa shape index (κ3) is 5.28. The highest BCUT2D eigenvalue weighted by Crippen LogP contribution is 2.30. The number of nitrogens with zero attached hydrogens (tertiary/aromatic N) is 5. The van der Waals surface area contributed by atoms with Crippen LogP contribution in [0.15, 0.2) is 41.1 Å². The number of carboxylic acid groups (broad SMARTS) is 1. The zero-order valence-electron chi connectivity index (χ0n) is 19.7. The molecule has 5 rings (SSSR count). The van der Waals surface area contributed by atoms with Crippen LogP contribution in [0.25, 0.3) is 28.5 Å². The van der Waals surface area contributed by atoms with Crippen LogP contribution >= 0.6 is 0 Å². The van der Waals surface area contributed by atoms with E-state index in [-0.39, 0.29) is 0 Å². The van der Waals surface area contributed by atoms with Gasteiger partial charge < -0.3 is 14.9 Å². The molecular weight excluding hydrogens is 477 g/mol. The van der Waals surface area contributed by atoms with Crippen LogP contribution in [0.5, 0.6) is 0 Å². The molecule has 4 aromatic rings. The fourth-order valence-electron chi connectivity index (χ4n) is 3.95. The number of nitrogens with one attached hydrogen (secondary N) is 1. The number of hydrogen-bond donors (Lipinski definition) is 2. The Hall–Kier alpha value is -4.06. The van der Waals surface area contributed by atoms with Crippen molar-refractivity contribution in [3.63, 3.8) is 0 Å². The average molecular weight is 500 g/mol. The molecule has 1 aliphatic rings. The van der Waals surface area contributed by atoms with E-state index in [1.807, 2.05) is 55.9 Å². The summed E-state index contributed by atoms with van der Waals surface area (Å²) in [6.45, 7) is 7.81. The second-order valence-corrected chi connectivity index (χ2v) is 8.26. The Morgan fingerprint density at radius 2 is 1.86 bits per heavy atom. The Labute approximate surface area is 204 Å². The molecule has 0 saturated heterocycles. The Morgan fingerprint density at radius 3 is 2.47 bits per heavy atom. The predicted molar refractivity (Wildman–Crippen MR) is 123 cm³/mol. The number of rotatable bonds is 3. The Morgan fingerprint density at radius 1 is 1.17 bits per heavy atom. The van der Waals surface area contributed by atoms with Gasteiger partial charge in [-0.2, -0.15) is 23.3 Å². The molecule has 188 valence electrons. The first-order chi connectivity index (χ1) is 17.0. The summed E-state index contributed by atoms with van der Waals surface area (Å²) >= 11 is 0. The molecule has 0 saturated carbocycles. The van der Waals surface area contributed by atoms with Crippen LogP contribution in [0.3, 0.4) is 0 Å². The van der Waals surface area contributed by atoms with E-state index in [2.05, 4.69) is 31.6 Å². The maximum atomic E-state index is 10.6. The lowest BCUT2D eigenvalue weighted by Crippen LogP contribution is -2.24. The number of hydrogen-bond acceptors (Lipinski definition) is 7. The Balaban J connectivity index is 0.000000384. The minimum absolute atomic E-state index is 0.505. The molecule has 0 unspecified atom stereocenters. The van der Waals surface area contributed by atoms with E-state index in [4.69, 9.17) is 14.4 Å². The quantitative estimate of drug-likeness (QED) is 0.430. The number of pyridine rings is 1. The summed E-state index contributed by atoms with van der Waals surface area (Å²) in [7, 11) is 0. The van der Waals surface area contributed by atoms with E-state index < -0.39 is 12.1 Å². The fourth-order valence-corrected chi connectivity index (χ4v) is 3.95. The topological polar surface area (TPSA) is 119 Å². The van der Waals surface area contributed by atoms with Crippen molar-refractivity contribution in [2.24, 2.45) is 0 Å². The Kier molecular flexibility index (Phi) is 6.88. The molecule has 12 heteroatoms. The molecule has 2 N–H and O–H groups in total. The first-order valence-electron chi connectivity index (χ1n) is 11.0. The van der Waals surface area contributed by atoms with Gasteiger partial charge in [0, 0.05) is 35.3 Å². The molecule has 0 spiro atoms. The molecule has 1 aromatic carbocycles. The van der Waals surface area contributed by atoms with Gasteiger partial charge in [-0.25, -0.2) is 9.48 Å². The van der Waals surface area contributed by atoms with Gasteiger partial charge in [-0.05, 0) is 75.2 Å². The summed E-state index contributed by atoms with van der Waals surface area (Å²) < 4.78 is 39.3. The first-order valence-corrected chi connectivity index (χ1v) is 11.0. The third-order valence-corrected chi connectivity index (χ3v) is 5.59. The second-order valence-electron chi connectivity index (χ2n) is 8.26. The van der Waals surface area contributed by atoms with E-state index in [9.17, 15) is 13.2 Å². The van der Waals surface area contributed by atoms with Crippen LogP contribution in [0.2, 0.25) is 0 Å². The summed E-state index contributed by atoms with van der Waals surface area (Å²) in [4.78, 5) is 18.1. The zero-order valence-corrected chi connectivity index (χ0v) is 19.7. The molecule has 4 heterocycles. The number of fused-ring (bicyclic) bond motifs is 1. The normalized spacial score (nSPS) is 13.1. The number of aromatic nitrogens is 5. The van der Waals surface area contributed by atoms with Crippen molar-refractivity contribution in [2.45, 2.75) is 39.9 Å². The van der Waals surface area contributed by atoms with Crippen molar-refractivity contribution in [1.29, 1.82) is 0 Å². The number of halogens is 3. The highest BCUT2D eigenvalue weighted by Gasteiger charge is 2.38. The van der Waals surface area contributed by atoms with Crippen LogP contribution in [0.1, 0.15) is 28.2 Å². The lowest BCUT2D eigenvalue weighted by Gasteiger charge is -2.19. The fraction of sp³-hybridized carbons (Fsp3) is 0.292. The van der Waals surface area contributed by atoms with E-state index in [1.165, 1.54) is 11.1 Å². The van der Waals surface area contributed by atoms with Crippen molar-refractivity contribution >= 4 is 5.97 Å².